The van der Waals surface area contributed by atoms with Crippen LogP contribution >= 0.6 is 0 Å². The van der Waals surface area contributed by atoms with Gasteiger partial charge in [0, 0.05) is 42.1 Å². The van der Waals surface area contributed by atoms with Crippen LogP contribution in [0.5, 0.6) is 0 Å². The first-order valence-electron chi connectivity index (χ1n) is 8.75. The number of carbonyl (C=O) groups excluding carboxylic acids is 2. The largest absolute Gasteiger partial charge is 0.398 e. The van der Waals surface area contributed by atoms with Crippen LogP contribution < -0.4 is 15.5 Å². The molecule has 0 radical (unpaired) electrons. The molecule has 1 saturated heterocycles. The van der Waals surface area contributed by atoms with Crippen LogP contribution in [0.25, 0.3) is 0 Å². The monoisotopic (exact) mass is 335 g/mol. The normalized spacial score (nSPS) is 16.9. The van der Waals surface area contributed by atoms with Gasteiger partial charge in [0.25, 0.3) is 5.91 Å². The summed E-state index contributed by atoms with van der Waals surface area (Å²) in [5.41, 5.74) is 10.2. The van der Waals surface area contributed by atoms with Gasteiger partial charge in [0.1, 0.15) is 0 Å². The molecule has 1 fully saturated rings. The number of hydrogen-bond acceptors (Lipinski definition) is 3. The van der Waals surface area contributed by atoms with Crippen LogP contribution in [0.1, 0.15) is 35.2 Å². The molecule has 4 rings (SSSR count). The predicted molar refractivity (Wildman–Crippen MR) is 98.9 cm³/mol. The molecule has 2 aromatic rings. The molecule has 0 unspecified atom stereocenters. The molecule has 2 amide bonds. The van der Waals surface area contributed by atoms with Crippen molar-refractivity contribution in [2.24, 2.45) is 0 Å². The Bertz CT molecular complexity index is 847. The Morgan fingerprint density at radius 3 is 2.60 bits per heavy atom. The summed E-state index contributed by atoms with van der Waals surface area (Å²) in [6.45, 7) is 1.40. The van der Waals surface area contributed by atoms with E-state index in [1.54, 1.807) is 9.80 Å². The number of benzene rings is 2. The van der Waals surface area contributed by atoms with Crippen molar-refractivity contribution in [2.45, 2.75) is 25.7 Å². The summed E-state index contributed by atoms with van der Waals surface area (Å²) in [6, 6.07) is 13.1. The average Bonchev–Trinajstić information content (AvgIpc) is 3.07. The van der Waals surface area contributed by atoms with Crippen LogP contribution in [0.2, 0.25) is 0 Å². The minimum absolute atomic E-state index is 0.0416. The lowest BCUT2D eigenvalue weighted by Crippen LogP contribution is -2.36. The van der Waals surface area contributed by atoms with Crippen LogP contribution in [0, 0.1) is 0 Å². The third-order valence-electron chi connectivity index (χ3n) is 5.01. The van der Waals surface area contributed by atoms with E-state index in [2.05, 4.69) is 0 Å². The molecule has 128 valence electrons. The first-order valence-corrected chi connectivity index (χ1v) is 8.75. The molecule has 0 atom stereocenters. The molecule has 5 nitrogen and oxygen atoms in total. The number of nitrogens with zero attached hydrogens (tertiary/aromatic N) is 2. The average molecular weight is 335 g/mol. The highest BCUT2D eigenvalue weighted by Crippen LogP contribution is 2.32. The number of nitrogen functional groups attached to an aromatic ring is 1. The van der Waals surface area contributed by atoms with Gasteiger partial charge in [0.2, 0.25) is 5.91 Å². The Morgan fingerprint density at radius 2 is 1.80 bits per heavy atom. The highest BCUT2D eigenvalue weighted by atomic mass is 16.2. The lowest BCUT2D eigenvalue weighted by atomic mass is 9.99. The van der Waals surface area contributed by atoms with Crippen molar-refractivity contribution in [1.29, 1.82) is 0 Å². The summed E-state index contributed by atoms with van der Waals surface area (Å²) in [6.07, 6.45) is 3.25. The number of nitrogens with two attached hydrogens (primary N) is 1. The van der Waals surface area contributed by atoms with Gasteiger partial charge >= 0.3 is 0 Å². The van der Waals surface area contributed by atoms with Gasteiger partial charge in [-0.2, -0.15) is 0 Å². The van der Waals surface area contributed by atoms with E-state index in [0.29, 0.717) is 18.5 Å². The van der Waals surface area contributed by atoms with Gasteiger partial charge in [0.05, 0.1) is 0 Å². The number of anilines is 3. The smallest absolute Gasteiger partial charge is 0.258 e. The van der Waals surface area contributed by atoms with Crippen molar-refractivity contribution in [3.63, 3.8) is 0 Å². The van der Waals surface area contributed by atoms with Crippen molar-refractivity contribution in [3.8, 4) is 0 Å². The van der Waals surface area contributed by atoms with Crippen LogP contribution in [0.3, 0.4) is 0 Å². The quantitative estimate of drug-likeness (QED) is 0.858. The van der Waals surface area contributed by atoms with Gasteiger partial charge in [0.15, 0.2) is 0 Å². The van der Waals surface area contributed by atoms with Gasteiger partial charge in [-0.3, -0.25) is 9.59 Å². The van der Waals surface area contributed by atoms with Gasteiger partial charge in [-0.15, -0.1) is 0 Å². The van der Waals surface area contributed by atoms with Gasteiger partial charge in [-0.25, -0.2) is 0 Å². The Morgan fingerprint density at radius 1 is 1.00 bits per heavy atom. The zero-order valence-corrected chi connectivity index (χ0v) is 14.1. The third-order valence-corrected chi connectivity index (χ3v) is 5.01. The minimum atomic E-state index is -0.0416. The molecule has 2 N–H and O–H groups in total. The maximum atomic E-state index is 13.1. The summed E-state index contributed by atoms with van der Waals surface area (Å²) in [5.74, 6) is 0.0840. The fourth-order valence-corrected chi connectivity index (χ4v) is 3.75. The number of hydrogen-bond donors (Lipinski definition) is 1. The van der Waals surface area contributed by atoms with E-state index in [4.69, 9.17) is 5.73 Å². The molecule has 0 saturated carbocycles. The van der Waals surface area contributed by atoms with Crippen LogP contribution in [0.15, 0.2) is 42.5 Å². The standard InChI is InChI=1S/C20H21N3O2/c21-17-8-2-9-18-16(17)7-3-12-23(18)20(25)14-5-1-6-15(13-14)22-11-4-10-19(22)24/h1-2,5-6,8-9,13H,3-4,7,10-12,21H2. The molecule has 2 aromatic carbocycles. The van der Waals surface area contributed by atoms with E-state index in [-0.39, 0.29) is 11.8 Å². The highest BCUT2D eigenvalue weighted by Gasteiger charge is 2.26. The molecule has 0 aromatic heterocycles. The number of carbonyl (C=O) groups is 2. The van der Waals surface area contributed by atoms with Crippen LogP contribution in [-0.4, -0.2) is 24.9 Å². The first-order chi connectivity index (χ1) is 12.1. The number of rotatable bonds is 2. The number of amides is 2. The summed E-state index contributed by atoms with van der Waals surface area (Å²) in [7, 11) is 0. The second kappa shape index (κ2) is 6.24. The van der Waals surface area contributed by atoms with Crippen molar-refractivity contribution in [1.82, 2.24) is 0 Å². The molecule has 5 heteroatoms. The molecular formula is C20H21N3O2. The Hall–Kier alpha value is -2.82. The summed E-state index contributed by atoms with van der Waals surface area (Å²) in [4.78, 5) is 28.6. The van der Waals surface area contributed by atoms with Crippen molar-refractivity contribution < 1.29 is 9.59 Å². The van der Waals surface area contributed by atoms with E-state index in [9.17, 15) is 9.59 Å². The fraction of sp³-hybridized carbons (Fsp3) is 0.300. The molecule has 2 heterocycles. The van der Waals surface area contributed by atoms with E-state index in [0.717, 1.165) is 48.4 Å². The molecular weight excluding hydrogens is 314 g/mol. The summed E-state index contributed by atoms with van der Waals surface area (Å²) in [5, 5.41) is 0. The van der Waals surface area contributed by atoms with Crippen molar-refractivity contribution >= 4 is 28.9 Å². The first kappa shape index (κ1) is 15.7. The van der Waals surface area contributed by atoms with Crippen molar-refractivity contribution in [2.75, 3.05) is 28.6 Å². The van der Waals surface area contributed by atoms with Crippen molar-refractivity contribution in [3.05, 3.63) is 53.6 Å². The molecule has 2 aliphatic heterocycles. The van der Waals surface area contributed by atoms with Crippen LogP contribution in [0.4, 0.5) is 17.1 Å². The highest BCUT2D eigenvalue weighted by molar-refractivity contribution is 6.08. The second-order valence-electron chi connectivity index (χ2n) is 6.60. The van der Waals surface area contributed by atoms with E-state index in [1.165, 1.54) is 0 Å². The maximum absolute atomic E-state index is 13.1. The summed E-state index contributed by atoms with van der Waals surface area (Å²) < 4.78 is 0. The molecule has 0 bridgehead atoms. The Balaban J connectivity index is 1.67. The fourth-order valence-electron chi connectivity index (χ4n) is 3.75. The predicted octanol–water partition coefficient (Wildman–Crippen LogP) is 2.99. The lowest BCUT2D eigenvalue weighted by molar-refractivity contribution is -0.117. The van der Waals surface area contributed by atoms with E-state index < -0.39 is 0 Å². The van der Waals surface area contributed by atoms with Gasteiger partial charge < -0.3 is 15.5 Å². The zero-order chi connectivity index (χ0) is 17.4. The molecule has 0 aliphatic carbocycles. The molecule has 0 spiro atoms. The minimum Gasteiger partial charge on any atom is -0.398 e. The van der Waals surface area contributed by atoms with E-state index in [1.807, 2.05) is 42.5 Å². The lowest BCUT2D eigenvalue weighted by Gasteiger charge is -2.30. The SMILES string of the molecule is Nc1cccc2c1CCCN2C(=O)c1cccc(N2CCCC2=O)c1. The van der Waals surface area contributed by atoms with Gasteiger partial charge in [-0.05, 0) is 55.2 Å². The van der Waals surface area contributed by atoms with Crippen LogP contribution in [-0.2, 0) is 11.2 Å². The van der Waals surface area contributed by atoms with E-state index >= 15 is 0 Å². The topological polar surface area (TPSA) is 66.6 Å². The Kier molecular flexibility index (Phi) is 3.92. The summed E-state index contributed by atoms with van der Waals surface area (Å²) >= 11 is 0. The second-order valence-corrected chi connectivity index (χ2v) is 6.60. The maximum Gasteiger partial charge on any atom is 0.258 e. The van der Waals surface area contributed by atoms with Gasteiger partial charge in [-0.1, -0.05) is 12.1 Å². The Labute approximate surface area is 147 Å². The number of fused-ring (bicyclic) bond motifs is 1. The molecule has 25 heavy (non-hydrogen) atoms. The third kappa shape index (κ3) is 2.76. The zero-order valence-electron chi connectivity index (χ0n) is 14.1. The molecule has 2 aliphatic rings.